The van der Waals surface area contributed by atoms with Gasteiger partial charge in [0.15, 0.2) is 0 Å². The molecular formula is C15H11BrF2O3. The van der Waals surface area contributed by atoms with Crippen molar-refractivity contribution in [1.29, 1.82) is 0 Å². The van der Waals surface area contributed by atoms with Crippen molar-refractivity contribution in [3.63, 3.8) is 0 Å². The fourth-order valence-corrected chi connectivity index (χ4v) is 2.28. The Morgan fingerprint density at radius 3 is 2.19 bits per heavy atom. The summed E-state index contributed by atoms with van der Waals surface area (Å²) in [5.74, 6) is -2.02. The summed E-state index contributed by atoms with van der Waals surface area (Å²) < 4.78 is 38.1. The van der Waals surface area contributed by atoms with E-state index in [0.717, 1.165) is 12.1 Å². The summed E-state index contributed by atoms with van der Waals surface area (Å²) in [6.07, 6.45) is 0. The zero-order valence-electron chi connectivity index (χ0n) is 11.2. The van der Waals surface area contributed by atoms with Crippen LogP contribution >= 0.6 is 15.9 Å². The molecule has 0 radical (unpaired) electrons. The van der Waals surface area contributed by atoms with Crippen LogP contribution in [0.4, 0.5) is 8.78 Å². The first-order chi connectivity index (χ1) is 9.97. The molecule has 0 saturated carbocycles. The molecule has 0 atom stereocenters. The minimum absolute atomic E-state index is 0.0541. The van der Waals surface area contributed by atoms with Gasteiger partial charge in [-0.15, -0.1) is 0 Å². The molecule has 3 nitrogen and oxygen atoms in total. The van der Waals surface area contributed by atoms with E-state index in [-0.39, 0.29) is 15.8 Å². The average molecular weight is 357 g/mol. The highest BCUT2D eigenvalue weighted by Crippen LogP contribution is 2.29. The normalized spacial score (nSPS) is 10.3. The SMILES string of the molecule is COc1ccc(C(=O)c2c(F)cc(Br)cc2F)c(OC)c1. The number of benzene rings is 2. The van der Waals surface area contributed by atoms with Crippen LogP contribution in [-0.4, -0.2) is 20.0 Å². The molecule has 21 heavy (non-hydrogen) atoms. The quantitative estimate of drug-likeness (QED) is 0.777. The lowest BCUT2D eigenvalue weighted by atomic mass is 10.0. The standard InChI is InChI=1S/C15H11BrF2O3/c1-20-9-3-4-10(13(7-9)21-2)15(19)14-11(17)5-8(16)6-12(14)18/h3-7H,1-2H3. The van der Waals surface area contributed by atoms with Crippen LogP contribution in [0.3, 0.4) is 0 Å². The van der Waals surface area contributed by atoms with E-state index in [1.807, 2.05) is 0 Å². The van der Waals surface area contributed by atoms with Crippen LogP contribution in [0.5, 0.6) is 11.5 Å². The Hall–Kier alpha value is -1.95. The maximum atomic E-state index is 13.9. The molecule has 0 saturated heterocycles. The zero-order chi connectivity index (χ0) is 15.6. The third-order valence-corrected chi connectivity index (χ3v) is 3.35. The molecule has 0 spiro atoms. The van der Waals surface area contributed by atoms with E-state index in [1.165, 1.54) is 32.4 Å². The third kappa shape index (κ3) is 3.05. The zero-order valence-corrected chi connectivity index (χ0v) is 12.8. The highest BCUT2D eigenvalue weighted by atomic mass is 79.9. The van der Waals surface area contributed by atoms with Crippen LogP contribution in [0.15, 0.2) is 34.8 Å². The van der Waals surface area contributed by atoms with Gasteiger partial charge < -0.3 is 9.47 Å². The van der Waals surface area contributed by atoms with Crippen molar-refractivity contribution >= 4 is 21.7 Å². The number of ketones is 1. The van der Waals surface area contributed by atoms with Crippen LogP contribution < -0.4 is 9.47 Å². The molecular weight excluding hydrogens is 346 g/mol. The number of carbonyl (C=O) groups is 1. The van der Waals surface area contributed by atoms with E-state index >= 15 is 0 Å². The van der Waals surface area contributed by atoms with Crippen LogP contribution in [-0.2, 0) is 0 Å². The van der Waals surface area contributed by atoms with E-state index in [0.29, 0.717) is 5.75 Å². The third-order valence-electron chi connectivity index (χ3n) is 2.89. The monoisotopic (exact) mass is 356 g/mol. The second-order valence-electron chi connectivity index (χ2n) is 4.14. The number of rotatable bonds is 4. The molecule has 6 heteroatoms. The summed E-state index contributed by atoms with van der Waals surface area (Å²) >= 11 is 2.97. The minimum Gasteiger partial charge on any atom is -0.497 e. The predicted molar refractivity (Wildman–Crippen MR) is 77.0 cm³/mol. The fraction of sp³-hybridized carbons (Fsp3) is 0.133. The van der Waals surface area contributed by atoms with Crippen molar-refractivity contribution in [2.24, 2.45) is 0 Å². The van der Waals surface area contributed by atoms with Gasteiger partial charge in [-0.3, -0.25) is 4.79 Å². The van der Waals surface area contributed by atoms with Crippen LogP contribution in [0.2, 0.25) is 0 Å². The van der Waals surface area contributed by atoms with Crippen molar-refractivity contribution in [3.8, 4) is 11.5 Å². The lowest BCUT2D eigenvalue weighted by molar-refractivity contribution is 0.102. The van der Waals surface area contributed by atoms with Crippen molar-refractivity contribution < 1.29 is 23.0 Å². The second-order valence-corrected chi connectivity index (χ2v) is 5.06. The Balaban J connectivity index is 2.55. The Bertz CT molecular complexity index is 678. The van der Waals surface area contributed by atoms with Gasteiger partial charge >= 0.3 is 0 Å². The Morgan fingerprint density at radius 1 is 1.05 bits per heavy atom. The Kier molecular flexibility index (Phi) is 4.57. The molecule has 0 aliphatic rings. The largest absolute Gasteiger partial charge is 0.497 e. The number of ether oxygens (including phenoxy) is 2. The average Bonchev–Trinajstić information content (AvgIpc) is 2.45. The smallest absolute Gasteiger partial charge is 0.202 e. The van der Waals surface area contributed by atoms with Gasteiger partial charge in [-0.2, -0.15) is 0 Å². The molecule has 0 aliphatic carbocycles. The minimum atomic E-state index is -0.940. The lowest BCUT2D eigenvalue weighted by Gasteiger charge is -2.11. The van der Waals surface area contributed by atoms with Gasteiger partial charge in [-0.1, -0.05) is 15.9 Å². The molecule has 0 amide bonds. The van der Waals surface area contributed by atoms with Crippen molar-refractivity contribution in [2.75, 3.05) is 14.2 Å². The summed E-state index contributed by atoms with van der Waals surface area (Å²) in [6.45, 7) is 0. The summed E-state index contributed by atoms with van der Waals surface area (Å²) in [5.41, 5.74) is -0.569. The van der Waals surface area contributed by atoms with E-state index < -0.39 is 23.0 Å². The Morgan fingerprint density at radius 2 is 1.67 bits per heavy atom. The number of methoxy groups -OCH3 is 2. The van der Waals surface area contributed by atoms with Gasteiger partial charge in [0.25, 0.3) is 0 Å². The molecule has 0 unspecified atom stereocenters. The molecule has 0 bridgehead atoms. The van der Waals surface area contributed by atoms with Crippen LogP contribution in [0.25, 0.3) is 0 Å². The summed E-state index contributed by atoms with van der Waals surface area (Å²) in [5, 5.41) is 0. The van der Waals surface area contributed by atoms with Gasteiger partial charge in [-0.05, 0) is 24.3 Å². The summed E-state index contributed by atoms with van der Waals surface area (Å²) in [6, 6.07) is 6.46. The number of carbonyl (C=O) groups excluding carboxylic acids is 1. The molecule has 0 aliphatic heterocycles. The van der Waals surface area contributed by atoms with Gasteiger partial charge in [0.1, 0.15) is 23.1 Å². The second kappa shape index (κ2) is 6.22. The topological polar surface area (TPSA) is 35.5 Å². The van der Waals surface area contributed by atoms with Crippen LogP contribution in [0.1, 0.15) is 15.9 Å². The lowest BCUT2D eigenvalue weighted by Crippen LogP contribution is -2.09. The fourth-order valence-electron chi connectivity index (χ4n) is 1.88. The maximum Gasteiger partial charge on any atom is 0.202 e. The summed E-state index contributed by atoms with van der Waals surface area (Å²) in [7, 11) is 2.82. The van der Waals surface area contributed by atoms with Crippen LogP contribution in [0, 0.1) is 11.6 Å². The maximum absolute atomic E-state index is 13.9. The Labute approximate surface area is 128 Å². The first-order valence-electron chi connectivity index (χ1n) is 5.89. The highest BCUT2D eigenvalue weighted by molar-refractivity contribution is 9.10. The van der Waals surface area contributed by atoms with Crippen molar-refractivity contribution in [3.05, 3.63) is 57.6 Å². The number of halogens is 3. The number of hydrogen-bond donors (Lipinski definition) is 0. The van der Waals surface area contributed by atoms with Gasteiger partial charge in [0, 0.05) is 10.5 Å². The van der Waals surface area contributed by atoms with E-state index in [9.17, 15) is 13.6 Å². The predicted octanol–water partition coefficient (Wildman–Crippen LogP) is 3.98. The first kappa shape index (κ1) is 15.4. The molecule has 0 aromatic heterocycles. The molecule has 0 fully saturated rings. The molecule has 2 aromatic rings. The van der Waals surface area contributed by atoms with E-state index in [2.05, 4.69) is 15.9 Å². The first-order valence-corrected chi connectivity index (χ1v) is 6.68. The molecule has 110 valence electrons. The van der Waals surface area contributed by atoms with E-state index in [4.69, 9.17) is 9.47 Å². The van der Waals surface area contributed by atoms with Crippen molar-refractivity contribution in [2.45, 2.75) is 0 Å². The molecule has 0 heterocycles. The molecule has 2 aromatic carbocycles. The van der Waals surface area contributed by atoms with Gasteiger partial charge in [0.05, 0.1) is 25.3 Å². The van der Waals surface area contributed by atoms with E-state index in [1.54, 1.807) is 0 Å². The molecule has 0 N–H and O–H groups in total. The van der Waals surface area contributed by atoms with Gasteiger partial charge in [-0.25, -0.2) is 8.78 Å². The number of hydrogen-bond acceptors (Lipinski definition) is 3. The van der Waals surface area contributed by atoms with Gasteiger partial charge in [0.2, 0.25) is 5.78 Å². The summed E-state index contributed by atoms with van der Waals surface area (Å²) in [4.78, 5) is 12.4. The van der Waals surface area contributed by atoms with Crippen molar-refractivity contribution in [1.82, 2.24) is 0 Å². The highest BCUT2D eigenvalue weighted by Gasteiger charge is 2.23. The molecule has 2 rings (SSSR count).